The molecule has 0 atom stereocenters. The predicted molar refractivity (Wildman–Crippen MR) is 106 cm³/mol. The first-order chi connectivity index (χ1) is 13.1. The number of Topliss-reactive ketones (excluding diaryl/α,β-unsaturated/α-hetero) is 1. The van der Waals surface area contributed by atoms with Crippen molar-refractivity contribution in [1.29, 1.82) is 0 Å². The third-order valence-corrected chi connectivity index (χ3v) is 5.41. The molecule has 1 aliphatic rings. The molecule has 0 saturated carbocycles. The van der Waals surface area contributed by atoms with Gasteiger partial charge in [-0.3, -0.25) is 4.79 Å². The van der Waals surface area contributed by atoms with E-state index < -0.39 is 0 Å². The van der Waals surface area contributed by atoms with Crippen LogP contribution in [0.3, 0.4) is 0 Å². The van der Waals surface area contributed by atoms with Crippen LogP contribution in [0.1, 0.15) is 35.9 Å². The lowest BCUT2D eigenvalue weighted by molar-refractivity contribution is 0.0743. The molecule has 1 aromatic carbocycles. The fraction of sp³-hybridized carbons (Fsp3) is 0.450. The van der Waals surface area contributed by atoms with Crippen molar-refractivity contribution in [3.8, 4) is 0 Å². The van der Waals surface area contributed by atoms with E-state index in [0.29, 0.717) is 44.9 Å². The monoisotopic (exact) mass is 433 g/mol. The van der Waals surface area contributed by atoms with Gasteiger partial charge in [0, 0.05) is 42.4 Å². The molecule has 1 amide bonds. The smallest absolute Gasteiger partial charge is 0.409 e. The Kier molecular flexibility index (Phi) is 6.66. The second-order valence-electron chi connectivity index (χ2n) is 6.65. The Morgan fingerprint density at radius 2 is 1.93 bits per heavy atom. The van der Waals surface area contributed by atoms with Crippen LogP contribution in [0.25, 0.3) is 0 Å². The number of nitrogens with zero attached hydrogens (tertiary/aromatic N) is 3. The minimum absolute atomic E-state index is 0.0688. The minimum Gasteiger partial charge on any atom is -0.450 e. The number of amides is 1. The first-order valence-electron chi connectivity index (χ1n) is 9.30. The van der Waals surface area contributed by atoms with Crippen LogP contribution in [0.15, 0.2) is 41.1 Å². The standard InChI is InChI=1S/C20H24BrN3O3/c1-2-27-20(26)24-12-8-16(9-13-24)18(25)19-22-10-14-23(19)11-7-15-3-5-17(21)6-4-15/h3-6,10,14,16H,2,7-9,11-13H2,1H3. The maximum Gasteiger partial charge on any atom is 0.409 e. The number of piperidine rings is 1. The number of aryl methyl sites for hydroxylation is 2. The number of hydrogen-bond donors (Lipinski definition) is 0. The number of rotatable bonds is 6. The molecule has 0 radical (unpaired) electrons. The van der Waals surface area contributed by atoms with E-state index in [2.05, 4.69) is 33.0 Å². The van der Waals surface area contributed by atoms with Gasteiger partial charge in [-0.05, 0) is 43.9 Å². The second-order valence-corrected chi connectivity index (χ2v) is 7.56. The highest BCUT2D eigenvalue weighted by molar-refractivity contribution is 9.10. The van der Waals surface area contributed by atoms with Crippen molar-refractivity contribution in [3.63, 3.8) is 0 Å². The van der Waals surface area contributed by atoms with E-state index in [1.807, 2.05) is 22.9 Å². The quantitative estimate of drug-likeness (QED) is 0.647. The average molecular weight is 434 g/mol. The third-order valence-electron chi connectivity index (χ3n) is 4.88. The van der Waals surface area contributed by atoms with Crippen molar-refractivity contribution in [3.05, 3.63) is 52.5 Å². The lowest BCUT2D eigenvalue weighted by Crippen LogP contribution is -2.41. The fourth-order valence-corrected chi connectivity index (χ4v) is 3.60. The first-order valence-corrected chi connectivity index (χ1v) is 10.1. The SMILES string of the molecule is CCOC(=O)N1CCC(C(=O)c2nccn2CCc2ccc(Br)cc2)CC1. The molecule has 7 heteroatoms. The molecule has 1 saturated heterocycles. The molecule has 2 aromatic rings. The van der Waals surface area contributed by atoms with E-state index in [-0.39, 0.29) is 17.8 Å². The van der Waals surface area contributed by atoms with Gasteiger partial charge in [0.05, 0.1) is 6.61 Å². The van der Waals surface area contributed by atoms with E-state index in [1.165, 1.54) is 5.56 Å². The van der Waals surface area contributed by atoms with Crippen molar-refractivity contribution in [2.45, 2.75) is 32.7 Å². The molecule has 0 aliphatic carbocycles. The summed E-state index contributed by atoms with van der Waals surface area (Å²) in [7, 11) is 0. The number of aromatic nitrogens is 2. The van der Waals surface area contributed by atoms with Crippen LogP contribution in [0.4, 0.5) is 4.79 Å². The van der Waals surface area contributed by atoms with Crippen molar-refractivity contribution < 1.29 is 14.3 Å². The van der Waals surface area contributed by atoms with Gasteiger partial charge in [-0.15, -0.1) is 0 Å². The molecule has 0 spiro atoms. The van der Waals surface area contributed by atoms with Crippen LogP contribution < -0.4 is 0 Å². The molecular weight excluding hydrogens is 410 g/mol. The number of ether oxygens (including phenoxy) is 1. The normalized spacial score (nSPS) is 15.0. The van der Waals surface area contributed by atoms with Gasteiger partial charge >= 0.3 is 6.09 Å². The number of carbonyl (C=O) groups is 2. The zero-order chi connectivity index (χ0) is 19.2. The zero-order valence-electron chi connectivity index (χ0n) is 15.4. The van der Waals surface area contributed by atoms with Gasteiger partial charge in [0.2, 0.25) is 5.78 Å². The van der Waals surface area contributed by atoms with Crippen molar-refractivity contribution >= 4 is 27.8 Å². The summed E-state index contributed by atoms with van der Waals surface area (Å²) in [5.74, 6) is 0.491. The first kappa shape index (κ1) is 19.6. The maximum absolute atomic E-state index is 12.9. The maximum atomic E-state index is 12.9. The Bertz CT molecular complexity index is 780. The lowest BCUT2D eigenvalue weighted by Gasteiger charge is -2.30. The second kappa shape index (κ2) is 9.17. The summed E-state index contributed by atoms with van der Waals surface area (Å²) in [5, 5.41) is 0. The Hall–Kier alpha value is -2.15. The summed E-state index contributed by atoms with van der Waals surface area (Å²) in [6.45, 7) is 3.98. The molecule has 3 rings (SSSR count). The summed E-state index contributed by atoms with van der Waals surface area (Å²) in [4.78, 5) is 30.7. The third kappa shape index (κ3) is 4.97. The zero-order valence-corrected chi connectivity index (χ0v) is 17.0. The molecular formula is C20H24BrN3O3. The number of ketones is 1. The topological polar surface area (TPSA) is 64.4 Å². The molecule has 1 fully saturated rings. The fourth-order valence-electron chi connectivity index (χ4n) is 3.34. The Labute approximate surface area is 167 Å². The Morgan fingerprint density at radius 1 is 1.22 bits per heavy atom. The van der Waals surface area contributed by atoms with Crippen molar-refractivity contribution in [2.75, 3.05) is 19.7 Å². The molecule has 1 aliphatic heterocycles. The van der Waals surface area contributed by atoms with Crippen LogP contribution in [-0.4, -0.2) is 46.0 Å². The van der Waals surface area contributed by atoms with Crippen LogP contribution in [0.5, 0.6) is 0 Å². The van der Waals surface area contributed by atoms with E-state index in [4.69, 9.17) is 4.74 Å². The van der Waals surface area contributed by atoms with Gasteiger partial charge in [0.1, 0.15) is 0 Å². The summed E-state index contributed by atoms with van der Waals surface area (Å²) >= 11 is 3.44. The van der Waals surface area contributed by atoms with Gasteiger partial charge in [-0.1, -0.05) is 28.1 Å². The van der Waals surface area contributed by atoms with Gasteiger partial charge < -0.3 is 14.2 Å². The van der Waals surface area contributed by atoms with Gasteiger partial charge in [0.15, 0.2) is 5.82 Å². The van der Waals surface area contributed by atoms with E-state index in [9.17, 15) is 9.59 Å². The summed E-state index contributed by atoms with van der Waals surface area (Å²) in [6, 6.07) is 8.19. The predicted octanol–water partition coefficient (Wildman–Crippen LogP) is 3.94. The van der Waals surface area contributed by atoms with E-state index >= 15 is 0 Å². The lowest BCUT2D eigenvalue weighted by atomic mass is 9.92. The summed E-state index contributed by atoms with van der Waals surface area (Å²) in [6.07, 6.45) is 5.39. The van der Waals surface area contributed by atoms with Crippen molar-refractivity contribution in [2.24, 2.45) is 5.92 Å². The van der Waals surface area contributed by atoms with Crippen molar-refractivity contribution in [1.82, 2.24) is 14.5 Å². The number of benzene rings is 1. The van der Waals surface area contributed by atoms with E-state index in [1.54, 1.807) is 18.0 Å². The molecule has 0 unspecified atom stereocenters. The molecule has 144 valence electrons. The van der Waals surface area contributed by atoms with Crippen LogP contribution in [-0.2, 0) is 17.7 Å². The highest BCUT2D eigenvalue weighted by Crippen LogP contribution is 2.22. The average Bonchev–Trinajstić information content (AvgIpc) is 3.16. The summed E-state index contributed by atoms with van der Waals surface area (Å²) in [5.41, 5.74) is 1.22. The minimum atomic E-state index is -0.292. The molecule has 0 bridgehead atoms. The van der Waals surface area contributed by atoms with Crippen LogP contribution >= 0.6 is 15.9 Å². The largest absolute Gasteiger partial charge is 0.450 e. The van der Waals surface area contributed by atoms with Gasteiger partial charge in [-0.2, -0.15) is 0 Å². The number of halogens is 1. The van der Waals surface area contributed by atoms with E-state index in [0.717, 1.165) is 10.9 Å². The molecule has 6 nitrogen and oxygen atoms in total. The number of carbonyl (C=O) groups excluding carboxylic acids is 2. The van der Waals surface area contributed by atoms with Gasteiger partial charge in [-0.25, -0.2) is 9.78 Å². The molecule has 2 heterocycles. The molecule has 1 aromatic heterocycles. The number of hydrogen-bond acceptors (Lipinski definition) is 4. The molecule has 27 heavy (non-hydrogen) atoms. The number of likely N-dealkylation sites (tertiary alicyclic amines) is 1. The highest BCUT2D eigenvalue weighted by atomic mass is 79.9. The Morgan fingerprint density at radius 3 is 2.59 bits per heavy atom. The summed E-state index contributed by atoms with van der Waals surface area (Å²) < 4.78 is 8.02. The highest BCUT2D eigenvalue weighted by Gasteiger charge is 2.30. The van der Waals surface area contributed by atoms with Crippen LogP contribution in [0, 0.1) is 5.92 Å². The van der Waals surface area contributed by atoms with Crippen LogP contribution in [0.2, 0.25) is 0 Å². The Balaban J connectivity index is 1.57. The number of imidazole rings is 1. The molecule has 0 N–H and O–H groups in total. The van der Waals surface area contributed by atoms with Gasteiger partial charge in [0.25, 0.3) is 0 Å².